The van der Waals surface area contributed by atoms with Gasteiger partial charge in [-0.3, -0.25) is 4.90 Å². The normalized spacial score (nSPS) is 16.0. The second kappa shape index (κ2) is 14.5. The number of hydrogen-bond acceptors (Lipinski definition) is 1. The van der Waals surface area contributed by atoms with Gasteiger partial charge in [0, 0.05) is 18.1 Å². The van der Waals surface area contributed by atoms with E-state index >= 15 is 0 Å². The molecule has 1 heteroatoms. The van der Waals surface area contributed by atoms with E-state index < -0.39 is 0 Å². The molecule has 0 aromatic rings. The van der Waals surface area contributed by atoms with Gasteiger partial charge in [0.1, 0.15) is 0 Å². The Bertz CT molecular complexity index is 188. The third-order valence-electron chi connectivity index (χ3n) is 5.20. The second-order valence-corrected chi connectivity index (χ2v) is 7.48. The number of hydrogen-bond donors (Lipinski definition) is 0. The Kier molecular flexibility index (Phi) is 14.5. The van der Waals surface area contributed by atoms with Crippen molar-refractivity contribution in [3.05, 3.63) is 0 Å². The standard InChI is InChI=1S/C21H45N/c1-7-10-13-16-19(4)22(20(5)17-14-11-8-2)21(6)18-15-12-9-3/h19-21H,7-18H2,1-6H3. The van der Waals surface area contributed by atoms with Crippen LogP contribution in [0.5, 0.6) is 0 Å². The van der Waals surface area contributed by atoms with Gasteiger partial charge < -0.3 is 0 Å². The van der Waals surface area contributed by atoms with Gasteiger partial charge in [0.15, 0.2) is 0 Å². The number of nitrogens with zero attached hydrogens (tertiary/aromatic N) is 1. The molecular weight excluding hydrogens is 266 g/mol. The van der Waals surface area contributed by atoms with E-state index in [1.54, 1.807) is 0 Å². The largest absolute Gasteiger partial charge is 0.295 e. The maximum Gasteiger partial charge on any atom is 0.00725 e. The van der Waals surface area contributed by atoms with Crippen molar-refractivity contribution in [3.63, 3.8) is 0 Å². The number of rotatable bonds is 15. The van der Waals surface area contributed by atoms with Gasteiger partial charge in [-0.2, -0.15) is 0 Å². The lowest BCUT2D eigenvalue weighted by atomic mass is 9.98. The van der Waals surface area contributed by atoms with Crippen molar-refractivity contribution in [3.8, 4) is 0 Å². The predicted molar refractivity (Wildman–Crippen MR) is 103 cm³/mol. The summed E-state index contributed by atoms with van der Waals surface area (Å²) < 4.78 is 0. The predicted octanol–water partition coefficient (Wildman–Crippen LogP) is 7.19. The van der Waals surface area contributed by atoms with Crippen LogP contribution in [0.2, 0.25) is 0 Å². The van der Waals surface area contributed by atoms with Gasteiger partial charge in [0.25, 0.3) is 0 Å². The molecule has 0 saturated heterocycles. The van der Waals surface area contributed by atoms with Crippen LogP contribution in [-0.4, -0.2) is 23.0 Å². The smallest absolute Gasteiger partial charge is 0.00725 e. The molecule has 0 N–H and O–H groups in total. The van der Waals surface area contributed by atoms with Gasteiger partial charge in [-0.05, 0) is 40.0 Å². The molecule has 3 atom stereocenters. The molecule has 0 aliphatic rings. The molecule has 0 amide bonds. The minimum Gasteiger partial charge on any atom is -0.295 e. The molecule has 0 aliphatic carbocycles. The topological polar surface area (TPSA) is 3.24 Å². The molecular formula is C21H45N. The molecule has 0 aromatic heterocycles. The molecule has 0 fully saturated rings. The maximum absolute atomic E-state index is 2.86. The Morgan fingerprint density at radius 3 is 1.00 bits per heavy atom. The van der Waals surface area contributed by atoms with Crippen LogP contribution < -0.4 is 0 Å². The third-order valence-corrected chi connectivity index (χ3v) is 5.20. The van der Waals surface area contributed by atoms with Crippen LogP contribution in [-0.2, 0) is 0 Å². The molecule has 0 rings (SSSR count). The Labute approximate surface area is 142 Å². The molecule has 22 heavy (non-hydrogen) atoms. The van der Waals surface area contributed by atoms with Crippen LogP contribution in [0.25, 0.3) is 0 Å². The van der Waals surface area contributed by atoms with E-state index in [9.17, 15) is 0 Å². The fourth-order valence-electron chi connectivity index (χ4n) is 3.82. The van der Waals surface area contributed by atoms with Crippen LogP contribution in [0, 0.1) is 0 Å². The van der Waals surface area contributed by atoms with Crippen molar-refractivity contribution in [2.24, 2.45) is 0 Å². The average molecular weight is 312 g/mol. The van der Waals surface area contributed by atoms with Crippen LogP contribution in [0.15, 0.2) is 0 Å². The van der Waals surface area contributed by atoms with Gasteiger partial charge >= 0.3 is 0 Å². The molecule has 0 aliphatic heterocycles. The Morgan fingerprint density at radius 2 is 0.773 bits per heavy atom. The summed E-state index contributed by atoms with van der Waals surface area (Å²) in [5, 5.41) is 0. The van der Waals surface area contributed by atoms with E-state index in [0.717, 1.165) is 18.1 Å². The summed E-state index contributed by atoms with van der Waals surface area (Å²) in [6.07, 6.45) is 16.5. The summed E-state index contributed by atoms with van der Waals surface area (Å²) in [6, 6.07) is 2.25. The zero-order chi connectivity index (χ0) is 16.8. The highest BCUT2D eigenvalue weighted by molar-refractivity contribution is 4.79. The highest BCUT2D eigenvalue weighted by Crippen LogP contribution is 2.22. The molecule has 0 saturated carbocycles. The second-order valence-electron chi connectivity index (χ2n) is 7.48. The van der Waals surface area contributed by atoms with E-state index in [-0.39, 0.29) is 0 Å². The van der Waals surface area contributed by atoms with Crippen molar-refractivity contribution in [2.75, 3.05) is 0 Å². The first-order chi connectivity index (χ1) is 10.6. The third kappa shape index (κ3) is 9.87. The first-order valence-corrected chi connectivity index (χ1v) is 10.4. The first kappa shape index (κ1) is 22.0. The van der Waals surface area contributed by atoms with Crippen molar-refractivity contribution in [2.45, 2.75) is 137 Å². The van der Waals surface area contributed by atoms with Crippen LogP contribution in [0.3, 0.4) is 0 Å². The Hall–Kier alpha value is -0.0400. The summed E-state index contributed by atoms with van der Waals surface area (Å²) in [6.45, 7) is 14.3. The van der Waals surface area contributed by atoms with E-state index in [0.29, 0.717) is 0 Å². The van der Waals surface area contributed by atoms with E-state index in [2.05, 4.69) is 46.4 Å². The molecule has 0 spiro atoms. The summed E-state index contributed by atoms with van der Waals surface area (Å²) in [7, 11) is 0. The summed E-state index contributed by atoms with van der Waals surface area (Å²) in [5.41, 5.74) is 0. The fourth-order valence-corrected chi connectivity index (χ4v) is 3.82. The van der Waals surface area contributed by atoms with Gasteiger partial charge in [-0.25, -0.2) is 0 Å². The molecule has 0 aromatic carbocycles. The lowest BCUT2D eigenvalue weighted by Crippen LogP contribution is -2.46. The van der Waals surface area contributed by atoms with Gasteiger partial charge in [-0.15, -0.1) is 0 Å². The van der Waals surface area contributed by atoms with Gasteiger partial charge in [0.05, 0.1) is 0 Å². The van der Waals surface area contributed by atoms with Crippen LogP contribution in [0.1, 0.15) is 119 Å². The number of unbranched alkanes of at least 4 members (excludes halogenated alkanes) is 6. The summed E-state index contributed by atoms with van der Waals surface area (Å²) in [4.78, 5) is 2.86. The van der Waals surface area contributed by atoms with E-state index in [1.165, 1.54) is 77.0 Å². The van der Waals surface area contributed by atoms with Crippen LogP contribution >= 0.6 is 0 Å². The highest BCUT2D eigenvalue weighted by atomic mass is 15.2. The monoisotopic (exact) mass is 311 g/mol. The molecule has 0 heterocycles. The van der Waals surface area contributed by atoms with Gasteiger partial charge in [-0.1, -0.05) is 78.6 Å². The van der Waals surface area contributed by atoms with E-state index in [1.807, 2.05) is 0 Å². The SMILES string of the molecule is CCCCCC(C)N(C(C)CCCCC)C(C)CCCCC. The molecule has 3 unspecified atom stereocenters. The molecule has 1 nitrogen and oxygen atoms in total. The molecule has 134 valence electrons. The Morgan fingerprint density at radius 1 is 0.500 bits per heavy atom. The summed E-state index contributed by atoms with van der Waals surface area (Å²) in [5.74, 6) is 0. The minimum atomic E-state index is 0.750. The quantitative estimate of drug-likeness (QED) is 0.289. The first-order valence-electron chi connectivity index (χ1n) is 10.4. The van der Waals surface area contributed by atoms with Crippen molar-refractivity contribution < 1.29 is 0 Å². The van der Waals surface area contributed by atoms with Crippen LogP contribution in [0.4, 0.5) is 0 Å². The maximum atomic E-state index is 2.86. The zero-order valence-electron chi connectivity index (χ0n) is 16.7. The lowest BCUT2D eigenvalue weighted by molar-refractivity contribution is 0.0837. The van der Waals surface area contributed by atoms with E-state index in [4.69, 9.17) is 0 Å². The van der Waals surface area contributed by atoms with Crippen molar-refractivity contribution in [1.82, 2.24) is 4.90 Å². The highest BCUT2D eigenvalue weighted by Gasteiger charge is 2.24. The zero-order valence-corrected chi connectivity index (χ0v) is 16.7. The fraction of sp³-hybridized carbons (Fsp3) is 1.00. The summed E-state index contributed by atoms with van der Waals surface area (Å²) >= 11 is 0. The van der Waals surface area contributed by atoms with Gasteiger partial charge in [0.2, 0.25) is 0 Å². The average Bonchev–Trinajstić information content (AvgIpc) is 2.48. The molecule has 0 bridgehead atoms. The van der Waals surface area contributed by atoms with Crippen molar-refractivity contribution in [1.29, 1.82) is 0 Å². The minimum absolute atomic E-state index is 0.750. The molecule has 0 radical (unpaired) electrons. The lowest BCUT2D eigenvalue weighted by Gasteiger charge is -2.40. The Balaban J connectivity index is 4.50. The van der Waals surface area contributed by atoms with Crippen molar-refractivity contribution >= 4 is 0 Å².